The summed E-state index contributed by atoms with van der Waals surface area (Å²) in [6.07, 6.45) is 3.19. The highest BCUT2D eigenvalue weighted by atomic mass is 16.4. The molecule has 1 aromatic carbocycles. The zero-order chi connectivity index (χ0) is 12.6. The number of hydrogen-bond donors (Lipinski definition) is 3. The number of phenols is 1. The van der Waals surface area contributed by atoms with E-state index >= 15 is 0 Å². The van der Waals surface area contributed by atoms with Crippen molar-refractivity contribution < 1.29 is 15.0 Å². The van der Waals surface area contributed by atoms with Crippen LogP contribution in [-0.2, 0) is 0 Å². The number of aromatic carboxylic acids is 1. The van der Waals surface area contributed by atoms with Crippen LogP contribution in [0.1, 0.15) is 46.8 Å². The Morgan fingerprint density at radius 1 is 1.53 bits per heavy atom. The lowest BCUT2D eigenvalue weighted by molar-refractivity contribution is 0.0693. The minimum atomic E-state index is -1.12. The molecule has 1 aromatic rings. The van der Waals surface area contributed by atoms with Crippen LogP contribution in [-0.4, -0.2) is 16.2 Å². The normalized spacial score (nSPS) is 16.8. The van der Waals surface area contributed by atoms with E-state index < -0.39 is 5.97 Å². The molecule has 1 saturated carbocycles. The Balaban J connectivity index is 2.34. The van der Waals surface area contributed by atoms with Gasteiger partial charge in [-0.1, -0.05) is 18.9 Å². The summed E-state index contributed by atoms with van der Waals surface area (Å²) in [4.78, 5) is 11.0. The summed E-state index contributed by atoms with van der Waals surface area (Å²) in [5.41, 5.74) is 7.32. The van der Waals surface area contributed by atoms with Gasteiger partial charge in [0.15, 0.2) is 0 Å². The standard InChI is InChI=1S/C13H17NO3/c1-7-4-9(11(14)6-8-2-3-8)12(15)10(5-7)13(16)17/h4-5,8,11,15H,2-3,6,14H2,1H3,(H,16,17)/t11-/m1/s1. The summed E-state index contributed by atoms with van der Waals surface area (Å²) < 4.78 is 0. The molecular weight excluding hydrogens is 218 g/mol. The van der Waals surface area contributed by atoms with E-state index in [1.165, 1.54) is 18.9 Å². The number of aromatic hydroxyl groups is 1. The maximum Gasteiger partial charge on any atom is 0.339 e. The summed E-state index contributed by atoms with van der Waals surface area (Å²) in [7, 11) is 0. The number of aryl methyl sites for hydroxylation is 1. The van der Waals surface area contributed by atoms with E-state index in [0.29, 0.717) is 11.5 Å². The molecule has 92 valence electrons. The van der Waals surface area contributed by atoms with Crippen LogP contribution in [0.25, 0.3) is 0 Å². The minimum Gasteiger partial charge on any atom is -0.507 e. The number of carboxylic acid groups (broad SMARTS) is 1. The molecule has 0 amide bonds. The van der Waals surface area contributed by atoms with Crippen molar-refractivity contribution in [3.8, 4) is 5.75 Å². The molecule has 0 radical (unpaired) electrons. The Morgan fingerprint density at radius 3 is 2.71 bits per heavy atom. The average molecular weight is 235 g/mol. The van der Waals surface area contributed by atoms with Crippen molar-refractivity contribution >= 4 is 5.97 Å². The molecule has 1 atom stereocenters. The van der Waals surface area contributed by atoms with Crippen LogP contribution >= 0.6 is 0 Å². The molecule has 4 nitrogen and oxygen atoms in total. The van der Waals surface area contributed by atoms with Gasteiger partial charge in [0.25, 0.3) is 0 Å². The molecular formula is C13H17NO3. The Hall–Kier alpha value is -1.55. The lowest BCUT2D eigenvalue weighted by Gasteiger charge is -2.15. The fourth-order valence-corrected chi connectivity index (χ4v) is 2.09. The highest BCUT2D eigenvalue weighted by molar-refractivity contribution is 5.91. The van der Waals surface area contributed by atoms with E-state index in [9.17, 15) is 9.90 Å². The smallest absolute Gasteiger partial charge is 0.339 e. The summed E-state index contributed by atoms with van der Waals surface area (Å²) in [6.45, 7) is 1.80. The molecule has 0 aromatic heterocycles. The maximum atomic E-state index is 11.0. The van der Waals surface area contributed by atoms with E-state index in [2.05, 4.69) is 0 Å². The second-order valence-electron chi connectivity index (χ2n) is 4.84. The van der Waals surface area contributed by atoms with Gasteiger partial charge >= 0.3 is 5.97 Å². The zero-order valence-corrected chi connectivity index (χ0v) is 9.81. The quantitative estimate of drug-likeness (QED) is 0.747. The molecule has 0 saturated heterocycles. The third kappa shape index (κ3) is 2.58. The van der Waals surface area contributed by atoms with Crippen molar-refractivity contribution in [3.05, 3.63) is 28.8 Å². The first-order chi connectivity index (χ1) is 7.99. The van der Waals surface area contributed by atoms with Crippen LogP contribution in [0.5, 0.6) is 5.75 Å². The van der Waals surface area contributed by atoms with Gasteiger partial charge in [-0.25, -0.2) is 4.79 Å². The Kier molecular flexibility index (Phi) is 3.07. The molecule has 0 aliphatic heterocycles. The number of hydrogen-bond acceptors (Lipinski definition) is 3. The Morgan fingerprint density at radius 2 is 2.18 bits per heavy atom. The van der Waals surface area contributed by atoms with Crippen molar-refractivity contribution in [2.75, 3.05) is 0 Å². The number of carboxylic acids is 1. The van der Waals surface area contributed by atoms with Crippen LogP contribution in [0.3, 0.4) is 0 Å². The van der Waals surface area contributed by atoms with Crippen LogP contribution in [0.2, 0.25) is 0 Å². The maximum absolute atomic E-state index is 11.0. The molecule has 2 rings (SSSR count). The van der Waals surface area contributed by atoms with Crippen molar-refractivity contribution in [1.29, 1.82) is 0 Å². The lowest BCUT2D eigenvalue weighted by Crippen LogP contribution is -2.13. The second-order valence-corrected chi connectivity index (χ2v) is 4.84. The first-order valence-electron chi connectivity index (χ1n) is 5.81. The average Bonchev–Trinajstić information content (AvgIpc) is 3.04. The Labute approximate surface area is 100 Å². The van der Waals surface area contributed by atoms with Gasteiger partial charge in [-0.15, -0.1) is 0 Å². The number of carbonyl (C=O) groups is 1. The molecule has 0 spiro atoms. The predicted molar refractivity (Wildman–Crippen MR) is 64.1 cm³/mol. The second kappa shape index (κ2) is 4.37. The molecule has 0 bridgehead atoms. The van der Waals surface area contributed by atoms with Gasteiger partial charge in [-0.05, 0) is 30.9 Å². The molecule has 1 aliphatic carbocycles. The summed E-state index contributed by atoms with van der Waals surface area (Å²) >= 11 is 0. The largest absolute Gasteiger partial charge is 0.507 e. The third-order valence-corrected chi connectivity index (χ3v) is 3.20. The highest BCUT2D eigenvalue weighted by Crippen LogP contribution is 2.39. The molecule has 1 fully saturated rings. The van der Waals surface area contributed by atoms with Crippen LogP contribution in [0.4, 0.5) is 0 Å². The first-order valence-corrected chi connectivity index (χ1v) is 5.81. The Bertz CT molecular complexity index is 452. The molecule has 17 heavy (non-hydrogen) atoms. The van der Waals surface area contributed by atoms with Gasteiger partial charge in [0.05, 0.1) is 0 Å². The molecule has 4 N–H and O–H groups in total. The van der Waals surface area contributed by atoms with E-state index in [4.69, 9.17) is 10.8 Å². The lowest BCUT2D eigenvalue weighted by atomic mass is 9.96. The molecule has 0 unspecified atom stereocenters. The van der Waals surface area contributed by atoms with E-state index in [0.717, 1.165) is 12.0 Å². The fraction of sp³-hybridized carbons (Fsp3) is 0.462. The SMILES string of the molecule is Cc1cc(C(=O)O)c(O)c([C@H](N)CC2CC2)c1. The summed E-state index contributed by atoms with van der Waals surface area (Å²) in [5.74, 6) is -0.666. The molecule has 4 heteroatoms. The predicted octanol–water partition coefficient (Wildman–Crippen LogP) is 2.20. The summed E-state index contributed by atoms with van der Waals surface area (Å²) in [6, 6.07) is 2.96. The number of rotatable bonds is 4. The first kappa shape index (κ1) is 11.9. The third-order valence-electron chi connectivity index (χ3n) is 3.20. The van der Waals surface area contributed by atoms with Crippen molar-refractivity contribution in [3.63, 3.8) is 0 Å². The van der Waals surface area contributed by atoms with E-state index in [1.807, 2.05) is 0 Å². The van der Waals surface area contributed by atoms with Crippen LogP contribution in [0, 0.1) is 12.8 Å². The topological polar surface area (TPSA) is 83.5 Å². The van der Waals surface area contributed by atoms with Gasteiger partial charge < -0.3 is 15.9 Å². The summed E-state index contributed by atoms with van der Waals surface area (Å²) in [5, 5.41) is 18.9. The zero-order valence-electron chi connectivity index (χ0n) is 9.81. The monoisotopic (exact) mass is 235 g/mol. The fourth-order valence-electron chi connectivity index (χ4n) is 2.09. The van der Waals surface area contributed by atoms with Gasteiger partial charge in [-0.3, -0.25) is 0 Å². The highest BCUT2D eigenvalue weighted by Gasteiger charge is 2.27. The van der Waals surface area contributed by atoms with E-state index in [1.54, 1.807) is 13.0 Å². The minimum absolute atomic E-state index is 0.0637. The van der Waals surface area contributed by atoms with Gasteiger partial charge in [-0.2, -0.15) is 0 Å². The van der Waals surface area contributed by atoms with Crippen molar-refractivity contribution in [1.82, 2.24) is 0 Å². The van der Waals surface area contributed by atoms with Gasteiger partial charge in [0.2, 0.25) is 0 Å². The molecule has 0 heterocycles. The van der Waals surface area contributed by atoms with E-state index in [-0.39, 0.29) is 17.4 Å². The number of benzene rings is 1. The van der Waals surface area contributed by atoms with Gasteiger partial charge in [0, 0.05) is 11.6 Å². The number of nitrogens with two attached hydrogens (primary N) is 1. The molecule has 1 aliphatic rings. The van der Waals surface area contributed by atoms with Crippen LogP contribution in [0.15, 0.2) is 12.1 Å². The van der Waals surface area contributed by atoms with Gasteiger partial charge in [0.1, 0.15) is 11.3 Å². The van der Waals surface area contributed by atoms with Crippen LogP contribution < -0.4 is 5.73 Å². The van der Waals surface area contributed by atoms with Crippen molar-refractivity contribution in [2.45, 2.75) is 32.2 Å². The van der Waals surface area contributed by atoms with Crippen molar-refractivity contribution in [2.24, 2.45) is 11.7 Å².